The molecule has 1 aromatic rings. The average Bonchev–Trinajstić information content (AvgIpc) is 2.56. The van der Waals surface area contributed by atoms with Crippen molar-refractivity contribution >= 4 is 28.3 Å². The molecule has 25 heavy (non-hydrogen) atoms. The van der Waals surface area contributed by atoms with Crippen LogP contribution >= 0.6 is 12.4 Å². The lowest BCUT2D eigenvalue weighted by Gasteiger charge is -2.21. The van der Waals surface area contributed by atoms with E-state index in [9.17, 15) is 13.2 Å². The van der Waals surface area contributed by atoms with Crippen LogP contribution in [0.15, 0.2) is 41.8 Å². The third-order valence-electron chi connectivity index (χ3n) is 3.81. The second kappa shape index (κ2) is 10.6. The molecule has 1 unspecified atom stereocenters. The van der Waals surface area contributed by atoms with E-state index in [0.29, 0.717) is 24.4 Å². The van der Waals surface area contributed by atoms with Gasteiger partial charge in [0.25, 0.3) is 5.91 Å². The van der Waals surface area contributed by atoms with Gasteiger partial charge in [0.2, 0.25) is 10.0 Å². The number of nitrogens with one attached hydrogen (secondary N) is 1. The van der Waals surface area contributed by atoms with Crippen LogP contribution < -0.4 is 10.5 Å². The highest BCUT2D eigenvalue weighted by Gasteiger charge is 2.18. The van der Waals surface area contributed by atoms with E-state index in [-0.39, 0.29) is 35.8 Å². The molecule has 0 fully saturated rings. The Morgan fingerprint density at radius 3 is 2.60 bits per heavy atom. The van der Waals surface area contributed by atoms with Gasteiger partial charge in [0.15, 0.2) is 0 Å². The zero-order valence-electron chi connectivity index (χ0n) is 14.9. The molecule has 8 heteroatoms. The van der Waals surface area contributed by atoms with E-state index in [1.54, 1.807) is 24.1 Å². The quantitative estimate of drug-likeness (QED) is 0.632. The van der Waals surface area contributed by atoms with Gasteiger partial charge in [-0.15, -0.1) is 19.0 Å². The Hall–Kier alpha value is -1.41. The number of rotatable bonds is 9. The first-order valence-corrected chi connectivity index (χ1v) is 9.39. The fourth-order valence-electron chi connectivity index (χ4n) is 2.05. The molecule has 0 spiro atoms. The SMILES string of the molecule is C=CCNS(=O)(=O)c1cccc(C(=O)N(C)CCC(N)C(C)C)c1.Cl. The number of hydrogen-bond donors (Lipinski definition) is 2. The van der Waals surface area contributed by atoms with Crippen molar-refractivity contribution in [1.82, 2.24) is 9.62 Å². The van der Waals surface area contributed by atoms with Crippen molar-refractivity contribution in [1.29, 1.82) is 0 Å². The van der Waals surface area contributed by atoms with Gasteiger partial charge in [-0.1, -0.05) is 26.0 Å². The van der Waals surface area contributed by atoms with Crippen LogP contribution in [0.3, 0.4) is 0 Å². The summed E-state index contributed by atoms with van der Waals surface area (Å²) in [6.07, 6.45) is 2.15. The van der Waals surface area contributed by atoms with Crippen molar-refractivity contribution in [2.75, 3.05) is 20.1 Å². The molecular weight excluding hydrogens is 362 g/mol. The molecule has 0 aromatic heterocycles. The molecule has 142 valence electrons. The molecule has 6 nitrogen and oxygen atoms in total. The van der Waals surface area contributed by atoms with Crippen molar-refractivity contribution in [3.63, 3.8) is 0 Å². The highest BCUT2D eigenvalue weighted by Crippen LogP contribution is 2.13. The summed E-state index contributed by atoms with van der Waals surface area (Å²) in [5, 5.41) is 0. The third-order valence-corrected chi connectivity index (χ3v) is 5.23. The van der Waals surface area contributed by atoms with E-state index >= 15 is 0 Å². The molecule has 0 aliphatic rings. The molecule has 0 heterocycles. The molecule has 0 radical (unpaired) electrons. The lowest BCUT2D eigenvalue weighted by Crippen LogP contribution is -2.34. The van der Waals surface area contributed by atoms with Gasteiger partial charge in [0, 0.05) is 31.7 Å². The van der Waals surface area contributed by atoms with Crippen molar-refractivity contribution in [3.8, 4) is 0 Å². The first-order valence-electron chi connectivity index (χ1n) is 7.90. The van der Waals surface area contributed by atoms with Gasteiger partial charge < -0.3 is 10.6 Å². The first-order chi connectivity index (χ1) is 11.2. The first kappa shape index (κ1) is 23.6. The molecule has 0 aliphatic carbocycles. The van der Waals surface area contributed by atoms with Crippen LogP contribution in [0.4, 0.5) is 0 Å². The number of benzene rings is 1. The molecule has 0 saturated carbocycles. The second-order valence-corrected chi connectivity index (χ2v) is 7.86. The lowest BCUT2D eigenvalue weighted by atomic mass is 10.0. The summed E-state index contributed by atoms with van der Waals surface area (Å²) in [5.41, 5.74) is 6.33. The zero-order chi connectivity index (χ0) is 18.3. The van der Waals surface area contributed by atoms with Crippen LogP contribution in [0.5, 0.6) is 0 Å². The maximum Gasteiger partial charge on any atom is 0.253 e. The Bertz CT molecular complexity index is 677. The van der Waals surface area contributed by atoms with Crippen molar-refractivity contribution in [3.05, 3.63) is 42.5 Å². The van der Waals surface area contributed by atoms with Crippen LogP contribution in [0.25, 0.3) is 0 Å². The smallest absolute Gasteiger partial charge is 0.253 e. The van der Waals surface area contributed by atoms with Crippen LogP contribution in [0, 0.1) is 5.92 Å². The summed E-state index contributed by atoms with van der Waals surface area (Å²) in [7, 11) is -1.97. The highest BCUT2D eigenvalue weighted by atomic mass is 35.5. The predicted octanol–water partition coefficient (Wildman–Crippen LogP) is 2.02. The minimum absolute atomic E-state index is 0. The van der Waals surface area contributed by atoms with Gasteiger partial charge in [0.1, 0.15) is 0 Å². The summed E-state index contributed by atoms with van der Waals surface area (Å²) < 4.78 is 26.6. The van der Waals surface area contributed by atoms with Crippen molar-refractivity contribution in [2.45, 2.75) is 31.2 Å². The van der Waals surface area contributed by atoms with E-state index < -0.39 is 10.0 Å². The number of carbonyl (C=O) groups excluding carboxylic acids is 1. The maximum atomic E-state index is 12.5. The predicted molar refractivity (Wildman–Crippen MR) is 103 cm³/mol. The monoisotopic (exact) mass is 389 g/mol. The molecular formula is C17H28ClN3O3S. The van der Waals surface area contributed by atoms with E-state index in [0.717, 1.165) is 0 Å². The minimum atomic E-state index is -3.65. The summed E-state index contributed by atoms with van der Waals surface area (Å²) in [6.45, 7) is 8.20. The van der Waals surface area contributed by atoms with Crippen LogP contribution in [-0.2, 0) is 10.0 Å². The summed E-state index contributed by atoms with van der Waals surface area (Å²) in [6, 6.07) is 6.02. The molecule has 0 aliphatic heterocycles. The number of nitrogens with zero attached hydrogens (tertiary/aromatic N) is 1. The molecule has 3 N–H and O–H groups in total. The van der Waals surface area contributed by atoms with Gasteiger partial charge >= 0.3 is 0 Å². The minimum Gasteiger partial charge on any atom is -0.342 e. The molecule has 1 atom stereocenters. The highest BCUT2D eigenvalue weighted by molar-refractivity contribution is 7.89. The number of carbonyl (C=O) groups is 1. The number of amides is 1. The molecule has 0 saturated heterocycles. The van der Waals surface area contributed by atoms with E-state index in [1.807, 2.05) is 13.8 Å². The second-order valence-electron chi connectivity index (χ2n) is 6.09. The summed E-state index contributed by atoms with van der Waals surface area (Å²) in [4.78, 5) is 14.1. The molecule has 1 rings (SSSR count). The van der Waals surface area contributed by atoms with Gasteiger partial charge in [-0.3, -0.25) is 4.79 Å². The van der Waals surface area contributed by atoms with Gasteiger partial charge in [-0.25, -0.2) is 13.1 Å². The number of sulfonamides is 1. The van der Waals surface area contributed by atoms with Crippen LogP contribution in [0.2, 0.25) is 0 Å². The third kappa shape index (κ3) is 7.15. The van der Waals surface area contributed by atoms with Gasteiger partial charge in [0.05, 0.1) is 4.90 Å². The summed E-state index contributed by atoms with van der Waals surface area (Å²) >= 11 is 0. The van der Waals surface area contributed by atoms with Crippen LogP contribution in [-0.4, -0.2) is 45.4 Å². The largest absolute Gasteiger partial charge is 0.342 e. The number of halogens is 1. The lowest BCUT2D eigenvalue weighted by molar-refractivity contribution is 0.0789. The van der Waals surface area contributed by atoms with Gasteiger partial charge in [-0.2, -0.15) is 0 Å². The Morgan fingerprint density at radius 2 is 2.04 bits per heavy atom. The normalized spacial score (nSPS) is 12.4. The Balaban J connectivity index is 0.00000576. The van der Waals surface area contributed by atoms with Crippen molar-refractivity contribution in [2.24, 2.45) is 11.7 Å². The topological polar surface area (TPSA) is 92.5 Å². The molecule has 1 aromatic carbocycles. The number of hydrogen-bond acceptors (Lipinski definition) is 4. The zero-order valence-corrected chi connectivity index (χ0v) is 16.6. The van der Waals surface area contributed by atoms with Crippen molar-refractivity contribution < 1.29 is 13.2 Å². The van der Waals surface area contributed by atoms with E-state index in [1.165, 1.54) is 18.2 Å². The molecule has 1 amide bonds. The standard InChI is InChI=1S/C17H27N3O3S.ClH/c1-5-10-19-24(22,23)15-8-6-7-14(12-15)17(21)20(4)11-9-16(18)13(2)3;/h5-8,12-13,16,19H,1,9-11,18H2,2-4H3;1H. The number of nitrogens with two attached hydrogens (primary N) is 1. The fourth-order valence-corrected chi connectivity index (χ4v) is 3.09. The van der Waals surface area contributed by atoms with Gasteiger partial charge in [-0.05, 0) is 30.5 Å². The Kier molecular flexibility index (Phi) is 9.96. The summed E-state index contributed by atoms with van der Waals surface area (Å²) in [5.74, 6) is 0.115. The van der Waals surface area contributed by atoms with E-state index in [4.69, 9.17) is 5.73 Å². The Labute approximate surface area is 156 Å². The Morgan fingerprint density at radius 1 is 1.40 bits per heavy atom. The van der Waals surface area contributed by atoms with Crippen LogP contribution in [0.1, 0.15) is 30.6 Å². The molecule has 0 bridgehead atoms. The maximum absolute atomic E-state index is 12.5. The fraction of sp³-hybridized carbons (Fsp3) is 0.471. The average molecular weight is 390 g/mol. The van der Waals surface area contributed by atoms with E-state index in [2.05, 4.69) is 11.3 Å².